The lowest BCUT2D eigenvalue weighted by Gasteiger charge is -2.49. The number of aromatic amines is 1. The summed E-state index contributed by atoms with van der Waals surface area (Å²) >= 11 is 8.44. The zero-order chi connectivity index (χ0) is 26.0. The quantitative estimate of drug-likeness (QED) is 0.130. The van der Waals surface area contributed by atoms with Crippen molar-refractivity contribution in [3.05, 3.63) is 21.4 Å². The fraction of sp³-hybridized carbons (Fsp3) is 0.389. The second-order valence-corrected chi connectivity index (χ2v) is 10.1. The van der Waals surface area contributed by atoms with Crippen molar-refractivity contribution in [1.82, 2.24) is 35.8 Å². The van der Waals surface area contributed by atoms with Crippen LogP contribution in [-0.2, 0) is 24.0 Å². The molecule has 2 aromatic rings. The first kappa shape index (κ1) is 25.5. The second kappa shape index (κ2) is 10.6. The number of halogens is 1. The minimum absolute atomic E-state index is 0.00391. The number of carbonyl (C=O) groups is 4. The number of aliphatic carboxylic acids is 1. The number of amides is 2. The Morgan fingerprint density at radius 1 is 1.50 bits per heavy atom. The van der Waals surface area contributed by atoms with E-state index < -0.39 is 47.4 Å². The van der Waals surface area contributed by atoms with Crippen molar-refractivity contribution >= 4 is 75.3 Å². The summed E-state index contributed by atoms with van der Waals surface area (Å²) in [4.78, 5) is 58.7. The number of aldehydes is 1. The van der Waals surface area contributed by atoms with E-state index in [1.807, 2.05) is 6.92 Å². The highest BCUT2D eigenvalue weighted by Gasteiger charge is 2.53. The monoisotopic (exact) mass is 555 g/mol. The molecule has 4 heterocycles. The molecule has 15 nitrogen and oxygen atoms in total. The lowest BCUT2D eigenvalue weighted by molar-refractivity contribution is -0.151. The van der Waals surface area contributed by atoms with E-state index in [1.165, 1.54) is 16.7 Å². The molecule has 0 saturated carbocycles. The molecule has 0 aromatic carbocycles. The lowest BCUT2D eigenvalue weighted by atomic mass is 10.0. The van der Waals surface area contributed by atoms with Gasteiger partial charge in [0.2, 0.25) is 11.9 Å². The lowest BCUT2D eigenvalue weighted by Crippen LogP contribution is -2.70. The molecule has 0 bridgehead atoms. The molecule has 1 fully saturated rings. The van der Waals surface area contributed by atoms with Gasteiger partial charge in [-0.05, 0) is 17.2 Å². The average molecular weight is 556 g/mol. The molecule has 5 N–H and O–H groups in total. The fourth-order valence-corrected chi connectivity index (χ4v) is 5.86. The third-order valence-corrected chi connectivity index (χ3v) is 7.64. The van der Waals surface area contributed by atoms with Crippen molar-refractivity contribution in [3.8, 4) is 0 Å². The van der Waals surface area contributed by atoms with Crippen LogP contribution in [-0.4, -0.2) is 88.7 Å². The Hall–Kier alpha value is -3.57. The Labute approximate surface area is 215 Å². The van der Waals surface area contributed by atoms with Crippen LogP contribution >= 0.6 is 34.7 Å². The van der Waals surface area contributed by atoms with E-state index in [2.05, 4.69) is 36.1 Å². The van der Waals surface area contributed by atoms with Gasteiger partial charge in [0.05, 0.1) is 12.1 Å². The number of nitrogens with two attached hydrogens (primary N) is 1. The Balaban J connectivity index is 1.59. The maximum Gasteiger partial charge on any atom is 0.348 e. The van der Waals surface area contributed by atoms with Gasteiger partial charge in [0.25, 0.3) is 11.8 Å². The number of carboxylic acids is 1. The Bertz CT molecular complexity index is 1260. The Morgan fingerprint density at radius 2 is 2.28 bits per heavy atom. The number of anilines is 1. The van der Waals surface area contributed by atoms with Gasteiger partial charge >= 0.3 is 5.97 Å². The normalized spacial score (nSPS) is 20.4. The number of fused-ring (bicyclic) bond motifs is 1. The molecule has 2 aliphatic heterocycles. The van der Waals surface area contributed by atoms with E-state index in [0.29, 0.717) is 24.2 Å². The van der Waals surface area contributed by atoms with Gasteiger partial charge in [0, 0.05) is 5.75 Å². The minimum Gasteiger partial charge on any atom is -0.478 e. The summed E-state index contributed by atoms with van der Waals surface area (Å²) in [5.74, 6) is -1.94. The molecular formula is C18H18ClN9O6S2. The highest BCUT2D eigenvalue weighted by atomic mass is 35.5. The van der Waals surface area contributed by atoms with Crippen molar-refractivity contribution in [1.29, 1.82) is 0 Å². The summed E-state index contributed by atoms with van der Waals surface area (Å²) in [6, 6.07) is -0.951. The number of aromatic nitrogens is 5. The molecule has 0 spiro atoms. The van der Waals surface area contributed by atoms with Crippen molar-refractivity contribution in [2.45, 2.75) is 37.3 Å². The number of H-pyrrole nitrogens is 1. The molecule has 2 amide bonds. The summed E-state index contributed by atoms with van der Waals surface area (Å²) < 4.78 is -0.00391. The number of tetrazole rings is 1. The highest BCUT2D eigenvalue weighted by Crippen LogP contribution is 2.43. The summed E-state index contributed by atoms with van der Waals surface area (Å²) in [7, 11) is 0. The van der Waals surface area contributed by atoms with Crippen LogP contribution in [0.2, 0.25) is 4.34 Å². The first-order valence-corrected chi connectivity index (χ1v) is 12.5. The molecular weight excluding hydrogens is 538 g/mol. The van der Waals surface area contributed by atoms with E-state index in [1.54, 1.807) is 0 Å². The zero-order valence-electron chi connectivity index (χ0n) is 18.4. The van der Waals surface area contributed by atoms with Crippen LogP contribution in [0.5, 0.6) is 0 Å². The number of nitrogens with zero attached hydrogens (tertiary/aromatic N) is 6. The van der Waals surface area contributed by atoms with Gasteiger partial charge < -0.3 is 25.8 Å². The highest BCUT2D eigenvalue weighted by molar-refractivity contribution is 8.00. The molecule has 0 aliphatic carbocycles. The van der Waals surface area contributed by atoms with Crippen molar-refractivity contribution < 1.29 is 29.1 Å². The summed E-state index contributed by atoms with van der Waals surface area (Å²) in [5, 5.41) is 28.9. The number of nitrogen functional groups attached to an aromatic ring is 1. The maximum atomic E-state index is 13.2. The van der Waals surface area contributed by atoms with E-state index in [4.69, 9.17) is 22.2 Å². The van der Waals surface area contributed by atoms with Gasteiger partial charge in [-0.25, -0.2) is 9.78 Å². The smallest absolute Gasteiger partial charge is 0.348 e. The predicted molar refractivity (Wildman–Crippen MR) is 128 cm³/mol. The number of carboxylic acid groups (broad SMARTS) is 1. The maximum absolute atomic E-state index is 13.2. The fourth-order valence-electron chi connectivity index (χ4n) is 3.49. The zero-order valence-corrected chi connectivity index (χ0v) is 20.8. The van der Waals surface area contributed by atoms with E-state index in [-0.39, 0.29) is 21.0 Å². The SMILES string of the molecule is CCC1=C(c2nn[nH]n2)N2C(=O)[C@@H](NC(=O)/C(=N\O[C@@H](CC=O)C(=O)O)c3nc(N)sc3Cl)[C@H]2SC1. The van der Waals surface area contributed by atoms with Crippen LogP contribution in [0.1, 0.15) is 31.3 Å². The number of thioether (sulfide) groups is 1. The van der Waals surface area contributed by atoms with E-state index in [9.17, 15) is 24.3 Å². The number of rotatable bonds is 10. The van der Waals surface area contributed by atoms with Crippen LogP contribution < -0.4 is 11.1 Å². The molecule has 190 valence electrons. The van der Waals surface area contributed by atoms with Gasteiger partial charge in [-0.1, -0.05) is 35.0 Å². The average Bonchev–Trinajstić information content (AvgIpc) is 3.50. The molecule has 2 aromatic heterocycles. The second-order valence-electron chi connectivity index (χ2n) is 7.35. The van der Waals surface area contributed by atoms with Gasteiger partial charge in [-0.3, -0.25) is 14.5 Å². The summed E-state index contributed by atoms with van der Waals surface area (Å²) in [6.07, 6.45) is -1.16. The van der Waals surface area contributed by atoms with Gasteiger partial charge in [-0.15, -0.1) is 22.0 Å². The third-order valence-electron chi connectivity index (χ3n) is 5.22. The van der Waals surface area contributed by atoms with Gasteiger partial charge in [0.1, 0.15) is 27.7 Å². The standard InChI is InChI=1S/C18H18ClN9O6S2/c1-2-6-5-35-16-10(15(31)28(16)11(6)13-23-26-27-24-13)21-14(30)9(8-12(19)36-18(20)22-8)25-34-7(3-4-29)17(32)33/h4,7,10,16H,2-3,5H2,1H3,(H2,20,22)(H,21,30)(H,32,33)(H,23,24,26,27)/b25-9-/t7-,10+,16+/m0/s1. The van der Waals surface area contributed by atoms with Gasteiger partial charge in [-0.2, -0.15) is 5.21 Å². The summed E-state index contributed by atoms with van der Waals surface area (Å²) in [6.45, 7) is 1.95. The molecule has 4 rings (SSSR count). The third kappa shape index (κ3) is 4.76. The van der Waals surface area contributed by atoms with Crippen LogP contribution in [0, 0.1) is 0 Å². The van der Waals surface area contributed by atoms with Crippen molar-refractivity contribution in [2.75, 3.05) is 11.5 Å². The van der Waals surface area contributed by atoms with Crippen molar-refractivity contribution in [2.24, 2.45) is 5.16 Å². The van der Waals surface area contributed by atoms with E-state index >= 15 is 0 Å². The first-order chi connectivity index (χ1) is 17.3. The number of oxime groups is 1. The molecule has 0 radical (unpaired) electrons. The molecule has 36 heavy (non-hydrogen) atoms. The number of carbonyl (C=O) groups excluding carboxylic acids is 3. The number of β-lactam (4-membered cyclic amide) rings is 1. The van der Waals surface area contributed by atoms with Crippen LogP contribution in [0.3, 0.4) is 0 Å². The number of thiazole rings is 1. The minimum atomic E-state index is -1.65. The number of nitrogens with one attached hydrogen (secondary N) is 2. The molecule has 18 heteroatoms. The predicted octanol–water partition coefficient (Wildman–Crippen LogP) is -0.124. The Kier molecular flexibility index (Phi) is 7.51. The van der Waals surface area contributed by atoms with E-state index in [0.717, 1.165) is 16.9 Å². The van der Waals surface area contributed by atoms with Crippen molar-refractivity contribution in [3.63, 3.8) is 0 Å². The molecule has 0 unspecified atom stereocenters. The topological polar surface area (TPSA) is 219 Å². The molecule has 3 atom stereocenters. The number of hydrogen-bond donors (Lipinski definition) is 4. The van der Waals surface area contributed by atoms with Crippen LogP contribution in [0.25, 0.3) is 5.70 Å². The largest absolute Gasteiger partial charge is 0.478 e. The summed E-state index contributed by atoms with van der Waals surface area (Å²) in [5.41, 5.74) is 6.50. The van der Waals surface area contributed by atoms with Gasteiger partial charge in [0.15, 0.2) is 10.8 Å². The molecule has 2 aliphatic rings. The van der Waals surface area contributed by atoms with Crippen LogP contribution in [0.4, 0.5) is 5.13 Å². The van der Waals surface area contributed by atoms with Crippen LogP contribution in [0.15, 0.2) is 10.7 Å². The first-order valence-electron chi connectivity index (χ1n) is 10.3. The molecule has 1 saturated heterocycles. The Morgan fingerprint density at radius 3 is 2.86 bits per heavy atom. The number of hydrogen-bond acceptors (Lipinski definition) is 13.